The molecule has 0 saturated carbocycles. The third-order valence-corrected chi connectivity index (χ3v) is 10.0. The molecule has 0 bridgehead atoms. The number of amides is 3. The zero-order valence-corrected chi connectivity index (χ0v) is 27.9. The Morgan fingerprint density at radius 1 is 1.06 bits per heavy atom. The molecule has 0 unspecified atom stereocenters. The molecule has 1 N–H and O–H groups in total. The second-order valence-electron chi connectivity index (χ2n) is 12.6. The SMILES string of the molecule is CCC(=O)N1CC[C@H](N2C(=O)N(c3cc(OC)ccc3Cl)Cc3cnc(Nc4ccc(N5CCN(C6COC6)CC5)c(C)c4)nc32)C1. The number of hydrogen-bond acceptors (Lipinski definition) is 9. The summed E-state index contributed by atoms with van der Waals surface area (Å²) < 4.78 is 10.8. The van der Waals surface area contributed by atoms with Crippen molar-refractivity contribution in [3.63, 3.8) is 0 Å². The van der Waals surface area contributed by atoms with E-state index < -0.39 is 0 Å². The van der Waals surface area contributed by atoms with Gasteiger partial charge in [-0.2, -0.15) is 4.98 Å². The van der Waals surface area contributed by atoms with E-state index in [0.29, 0.717) is 60.2 Å². The smallest absolute Gasteiger partial charge is 0.330 e. The van der Waals surface area contributed by atoms with Gasteiger partial charge in [0.1, 0.15) is 11.6 Å². The molecule has 47 heavy (non-hydrogen) atoms. The minimum atomic E-state index is -0.252. The number of rotatable bonds is 8. The van der Waals surface area contributed by atoms with E-state index >= 15 is 0 Å². The number of anilines is 5. The molecule has 5 heterocycles. The minimum Gasteiger partial charge on any atom is -0.497 e. The quantitative estimate of drug-likeness (QED) is 0.369. The number of hydrogen-bond donors (Lipinski definition) is 1. The maximum Gasteiger partial charge on any atom is 0.330 e. The van der Waals surface area contributed by atoms with E-state index in [4.69, 9.17) is 26.1 Å². The monoisotopic (exact) mass is 660 g/mol. The summed E-state index contributed by atoms with van der Waals surface area (Å²) in [6.45, 7) is 11.0. The van der Waals surface area contributed by atoms with Crippen molar-refractivity contribution in [3.05, 3.63) is 58.7 Å². The van der Waals surface area contributed by atoms with Crippen LogP contribution in [-0.4, -0.2) is 103 Å². The Morgan fingerprint density at radius 2 is 1.87 bits per heavy atom. The number of carbonyl (C=O) groups excluding carboxylic acids is 2. The predicted octanol–water partition coefficient (Wildman–Crippen LogP) is 4.67. The number of nitrogens with zero attached hydrogens (tertiary/aromatic N) is 7. The van der Waals surface area contributed by atoms with Crippen molar-refractivity contribution in [3.8, 4) is 5.75 Å². The molecule has 13 heteroatoms. The van der Waals surface area contributed by atoms with Crippen LogP contribution in [0.5, 0.6) is 5.75 Å². The van der Waals surface area contributed by atoms with Gasteiger partial charge >= 0.3 is 6.03 Å². The topological polar surface area (TPSA) is 107 Å². The highest BCUT2D eigenvalue weighted by atomic mass is 35.5. The lowest BCUT2D eigenvalue weighted by atomic mass is 10.1. The lowest BCUT2D eigenvalue weighted by Crippen LogP contribution is -2.56. The van der Waals surface area contributed by atoms with Crippen LogP contribution in [0.15, 0.2) is 42.6 Å². The van der Waals surface area contributed by atoms with Gasteiger partial charge in [-0.15, -0.1) is 0 Å². The molecule has 3 aromatic rings. The van der Waals surface area contributed by atoms with Gasteiger partial charge in [-0.3, -0.25) is 19.5 Å². The van der Waals surface area contributed by atoms with Crippen molar-refractivity contribution in [2.75, 3.05) is 79.6 Å². The third-order valence-electron chi connectivity index (χ3n) is 9.71. The molecule has 3 saturated heterocycles. The van der Waals surface area contributed by atoms with Crippen molar-refractivity contribution >= 4 is 52.4 Å². The summed E-state index contributed by atoms with van der Waals surface area (Å²) in [6.07, 6.45) is 2.83. The molecule has 248 valence electrons. The summed E-state index contributed by atoms with van der Waals surface area (Å²) in [7, 11) is 1.58. The van der Waals surface area contributed by atoms with Crippen LogP contribution in [0.4, 0.5) is 33.6 Å². The number of halogens is 1. The number of benzene rings is 2. The van der Waals surface area contributed by atoms with Crippen LogP contribution in [0.25, 0.3) is 0 Å². The highest BCUT2D eigenvalue weighted by molar-refractivity contribution is 6.34. The first kappa shape index (κ1) is 31.5. The van der Waals surface area contributed by atoms with Crippen LogP contribution in [0.3, 0.4) is 0 Å². The van der Waals surface area contributed by atoms with E-state index in [-0.39, 0.29) is 24.5 Å². The van der Waals surface area contributed by atoms with Gasteiger partial charge in [0.15, 0.2) is 0 Å². The van der Waals surface area contributed by atoms with Crippen LogP contribution in [-0.2, 0) is 16.1 Å². The third kappa shape index (κ3) is 6.17. The number of urea groups is 1. The maximum absolute atomic E-state index is 14.3. The molecular weight excluding hydrogens is 620 g/mol. The fraction of sp³-hybridized carbons (Fsp3) is 0.471. The Morgan fingerprint density at radius 3 is 2.57 bits per heavy atom. The Kier molecular flexibility index (Phi) is 8.82. The molecule has 0 aliphatic carbocycles. The van der Waals surface area contributed by atoms with Crippen molar-refractivity contribution in [1.82, 2.24) is 19.8 Å². The number of likely N-dealkylation sites (tertiary alicyclic amines) is 1. The molecule has 4 aliphatic heterocycles. The second kappa shape index (κ2) is 13.2. The van der Waals surface area contributed by atoms with E-state index in [1.807, 2.05) is 11.8 Å². The van der Waals surface area contributed by atoms with E-state index in [0.717, 1.165) is 50.6 Å². The molecule has 3 amide bonds. The molecule has 1 aromatic heterocycles. The van der Waals surface area contributed by atoms with Gasteiger partial charge in [0.05, 0.1) is 49.7 Å². The summed E-state index contributed by atoms with van der Waals surface area (Å²) in [6, 6.07) is 11.6. The highest BCUT2D eigenvalue weighted by Gasteiger charge is 2.41. The zero-order valence-electron chi connectivity index (χ0n) is 27.1. The first-order valence-electron chi connectivity index (χ1n) is 16.3. The Labute approximate surface area is 280 Å². The van der Waals surface area contributed by atoms with Crippen LogP contribution < -0.4 is 24.8 Å². The standard InChI is InChI=1S/C34H41ClN8O4/c1-4-31(44)41-10-9-25(19-41)43-32-23(18-42(34(43)45)30-16-27(46-3)6-7-28(30)35)17-36-33(38-32)37-24-5-8-29(22(2)15-24)40-13-11-39(12-14-40)26-20-47-21-26/h5-8,15-17,25-26H,4,9-14,18-21H2,1-3H3,(H,36,37,38)/t25-/m0/s1. The molecule has 0 radical (unpaired) electrons. The normalized spacial score (nSPS) is 20.3. The van der Waals surface area contributed by atoms with Gasteiger partial charge in [0, 0.05) is 74.9 Å². The molecule has 1 atom stereocenters. The van der Waals surface area contributed by atoms with E-state index in [1.54, 1.807) is 41.3 Å². The molecule has 3 fully saturated rings. The Bertz CT molecular complexity index is 1660. The molecule has 4 aliphatic rings. The van der Waals surface area contributed by atoms with Crippen LogP contribution >= 0.6 is 11.6 Å². The van der Waals surface area contributed by atoms with Gasteiger partial charge in [-0.05, 0) is 49.2 Å². The summed E-state index contributed by atoms with van der Waals surface area (Å²) >= 11 is 6.61. The number of piperazine rings is 1. The van der Waals surface area contributed by atoms with Crippen LogP contribution in [0.1, 0.15) is 30.9 Å². The van der Waals surface area contributed by atoms with Gasteiger partial charge in [0.2, 0.25) is 11.9 Å². The van der Waals surface area contributed by atoms with Gasteiger partial charge in [-0.25, -0.2) is 9.78 Å². The largest absolute Gasteiger partial charge is 0.497 e. The number of nitrogens with one attached hydrogen (secondary N) is 1. The van der Waals surface area contributed by atoms with Crippen LogP contribution in [0.2, 0.25) is 5.02 Å². The number of fused-ring (bicyclic) bond motifs is 1. The lowest BCUT2D eigenvalue weighted by Gasteiger charge is -2.43. The first-order valence-corrected chi connectivity index (χ1v) is 16.7. The molecular formula is C34H41ClN8O4. The van der Waals surface area contributed by atoms with Crippen molar-refractivity contribution in [1.29, 1.82) is 0 Å². The number of aromatic nitrogens is 2. The van der Waals surface area contributed by atoms with Crippen molar-refractivity contribution in [2.45, 2.75) is 45.3 Å². The Balaban J connectivity index is 1.14. The average molecular weight is 661 g/mol. The molecule has 2 aromatic carbocycles. The molecule has 12 nitrogen and oxygen atoms in total. The summed E-state index contributed by atoms with van der Waals surface area (Å²) in [5, 5.41) is 3.81. The molecule has 7 rings (SSSR count). The van der Waals surface area contributed by atoms with E-state index in [9.17, 15) is 9.59 Å². The zero-order chi connectivity index (χ0) is 32.7. The predicted molar refractivity (Wildman–Crippen MR) is 182 cm³/mol. The number of aryl methyl sites for hydroxylation is 1. The fourth-order valence-electron chi connectivity index (χ4n) is 6.96. The van der Waals surface area contributed by atoms with E-state index in [1.165, 1.54) is 11.3 Å². The number of methoxy groups -OCH3 is 1. The fourth-order valence-corrected chi connectivity index (χ4v) is 7.18. The van der Waals surface area contributed by atoms with Crippen molar-refractivity contribution in [2.24, 2.45) is 0 Å². The number of ether oxygens (including phenoxy) is 2. The Hall–Kier alpha value is -4.13. The molecule has 0 spiro atoms. The van der Waals surface area contributed by atoms with Crippen LogP contribution in [0, 0.1) is 6.92 Å². The highest BCUT2D eigenvalue weighted by Crippen LogP contribution is 2.39. The second-order valence-corrected chi connectivity index (χ2v) is 13.0. The lowest BCUT2D eigenvalue weighted by molar-refractivity contribution is -0.129. The minimum absolute atomic E-state index is 0.0728. The van der Waals surface area contributed by atoms with Gasteiger partial charge in [-0.1, -0.05) is 18.5 Å². The summed E-state index contributed by atoms with van der Waals surface area (Å²) in [5.41, 5.74) is 4.60. The first-order chi connectivity index (χ1) is 22.8. The van der Waals surface area contributed by atoms with Crippen molar-refractivity contribution < 1.29 is 19.1 Å². The number of carbonyl (C=O) groups is 2. The average Bonchev–Trinajstić information content (AvgIpc) is 3.54. The summed E-state index contributed by atoms with van der Waals surface area (Å²) in [5.74, 6) is 1.61. The van der Waals surface area contributed by atoms with Gasteiger partial charge in [0.25, 0.3) is 0 Å². The summed E-state index contributed by atoms with van der Waals surface area (Å²) in [4.78, 5) is 46.6. The van der Waals surface area contributed by atoms with E-state index in [2.05, 4.69) is 45.2 Å². The van der Waals surface area contributed by atoms with Gasteiger partial charge < -0.3 is 24.6 Å². The maximum atomic E-state index is 14.3.